The topological polar surface area (TPSA) is 41.6 Å². The van der Waals surface area contributed by atoms with Crippen LogP contribution in [0.2, 0.25) is 0 Å². The molecule has 0 atom stereocenters. The maximum absolute atomic E-state index is 12.3. The summed E-state index contributed by atoms with van der Waals surface area (Å²) in [6.45, 7) is 1.83. The molecule has 0 fully saturated rings. The van der Waals surface area contributed by atoms with E-state index in [1.807, 2.05) is 25.2 Å². The Morgan fingerprint density at radius 2 is 1.84 bits per heavy atom. The highest BCUT2D eigenvalue weighted by molar-refractivity contribution is 6.04. The summed E-state index contributed by atoms with van der Waals surface area (Å²) in [6, 6.07) is 10.6. The standard InChI is InChI=1S/C18H17F3N2O2/c1-23-9-8-12-2-5-15(10-14(12)11-23)22-17(24)13-3-6-16(7-4-13)25-18(19,20)21/h2-7,10H,8-9,11H2,1H3,(H,22,24). The zero-order valence-corrected chi connectivity index (χ0v) is 13.6. The lowest BCUT2D eigenvalue weighted by Gasteiger charge is -2.25. The number of anilines is 1. The van der Waals surface area contributed by atoms with Crippen LogP contribution in [0.1, 0.15) is 21.5 Å². The molecule has 0 aliphatic carbocycles. The summed E-state index contributed by atoms with van der Waals surface area (Å²) in [7, 11) is 2.04. The zero-order chi connectivity index (χ0) is 18.0. The summed E-state index contributed by atoms with van der Waals surface area (Å²) < 4.78 is 40.2. The van der Waals surface area contributed by atoms with Crippen LogP contribution < -0.4 is 10.1 Å². The van der Waals surface area contributed by atoms with Crippen molar-refractivity contribution in [2.24, 2.45) is 0 Å². The smallest absolute Gasteiger partial charge is 0.406 e. The Hall–Kier alpha value is -2.54. The predicted octanol–water partition coefficient (Wildman–Crippen LogP) is 3.83. The molecule has 0 spiro atoms. The first kappa shape index (κ1) is 17.3. The summed E-state index contributed by atoms with van der Waals surface area (Å²) in [5.74, 6) is -0.747. The molecule has 132 valence electrons. The number of carbonyl (C=O) groups excluding carboxylic acids is 1. The minimum atomic E-state index is -4.75. The molecule has 0 aromatic heterocycles. The van der Waals surface area contributed by atoms with Gasteiger partial charge in [0.1, 0.15) is 5.75 Å². The molecule has 0 bridgehead atoms. The molecule has 1 aliphatic heterocycles. The highest BCUT2D eigenvalue weighted by Gasteiger charge is 2.31. The molecule has 3 rings (SSSR count). The highest BCUT2D eigenvalue weighted by atomic mass is 19.4. The fraction of sp³-hybridized carbons (Fsp3) is 0.278. The fourth-order valence-electron chi connectivity index (χ4n) is 2.79. The number of nitrogens with zero attached hydrogens (tertiary/aromatic N) is 1. The average molecular weight is 350 g/mol. The minimum Gasteiger partial charge on any atom is -0.406 e. The van der Waals surface area contributed by atoms with Gasteiger partial charge in [0.15, 0.2) is 0 Å². The van der Waals surface area contributed by atoms with E-state index in [4.69, 9.17) is 0 Å². The van der Waals surface area contributed by atoms with Gasteiger partial charge in [-0.15, -0.1) is 13.2 Å². The van der Waals surface area contributed by atoms with Crippen LogP contribution in [0.4, 0.5) is 18.9 Å². The highest BCUT2D eigenvalue weighted by Crippen LogP contribution is 2.24. The number of hydrogen-bond acceptors (Lipinski definition) is 3. The van der Waals surface area contributed by atoms with Gasteiger partial charge in [0.2, 0.25) is 0 Å². The van der Waals surface area contributed by atoms with E-state index < -0.39 is 6.36 Å². The van der Waals surface area contributed by atoms with E-state index in [-0.39, 0.29) is 17.2 Å². The van der Waals surface area contributed by atoms with Crippen LogP contribution in [-0.4, -0.2) is 30.8 Å². The summed E-state index contributed by atoms with van der Waals surface area (Å²) in [6.07, 6.45) is -3.78. The number of hydrogen-bond donors (Lipinski definition) is 1. The Morgan fingerprint density at radius 3 is 2.52 bits per heavy atom. The van der Waals surface area contributed by atoms with E-state index >= 15 is 0 Å². The Kier molecular flexibility index (Phi) is 4.67. The van der Waals surface area contributed by atoms with Gasteiger partial charge in [-0.05, 0) is 61.0 Å². The van der Waals surface area contributed by atoms with Crippen LogP contribution in [0.15, 0.2) is 42.5 Å². The van der Waals surface area contributed by atoms with Crippen molar-refractivity contribution in [2.45, 2.75) is 19.3 Å². The van der Waals surface area contributed by atoms with Gasteiger partial charge in [0, 0.05) is 24.3 Å². The number of halogens is 3. The van der Waals surface area contributed by atoms with Gasteiger partial charge in [-0.2, -0.15) is 0 Å². The van der Waals surface area contributed by atoms with Crippen molar-refractivity contribution in [3.05, 3.63) is 59.2 Å². The number of rotatable bonds is 3. The van der Waals surface area contributed by atoms with Gasteiger partial charge in [0.05, 0.1) is 0 Å². The molecule has 1 aliphatic rings. The number of likely N-dealkylation sites (N-methyl/N-ethyl adjacent to an activating group) is 1. The summed E-state index contributed by atoms with van der Waals surface area (Å²) in [4.78, 5) is 14.5. The lowest BCUT2D eigenvalue weighted by molar-refractivity contribution is -0.274. The third-order valence-electron chi connectivity index (χ3n) is 4.02. The largest absolute Gasteiger partial charge is 0.573 e. The summed E-state index contributed by atoms with van der Waals surface area (Å²) in [5.41, 5.74) is 3.35. The molecule has 1 amide bonds. The third-order valence-corrected chi connectivity index (χ3v) is 4.02. The normalized spacial score (nSPS) is 14.7. The number of nitrogens with one attached hydrogen (secondary N) is 1. The maximum atomic E-state index is 12.3. The molecule has 1 N–H and O–H groups in total. The van der Waals surface area contributed by atoms with Crippen molar-refractivity contribution in [1.82, 2.24) is 4.90 Å². The zero-order valence-electron chi connectivity index (χ0n) is 13.6. The Bertz CT molecular complexity index is 773. The Labute approximate surface area is 143 Å². The molecule has 0 saturated carbocycles. The van der Waals surface area contributed by atoms with Gasteiger partial charge in [-0.3, -0.25) is 4.79 Å². The van der Waals surface area contributed by atoms with Gasteiger partial charge in [-0.1, -0.05) is 6.07 Å². The summed E-state index contributed by atoms with van der Waals surface area (Å²) in [5, 5.41) is 2.77. The number of ether oxygens (including phenoxy) is 1. The average Bonchev–Trinajstić information content (AvgIpc) is 2.53. The van der Waals surface area contributed by atoms with Gasteiger partial charge in [-0.25, -0.2) is 0 Å². The first-order valence-corrected chi connectivity index (χ1v) is 7.78. The number of amides is 1. The van der Waals surface area contributed by atoms with Crippen LogP contribution >= 0.6 is 0 Å². The van der Waals surface area contributed by atoms with Crippen molar-refractivity contribution < 1.29 is 22.7 Å². The van der Waals surface area contributed by atoms with Crippen molar-refractivity contribution in [1.29, 1.82) is 0 Å². The Morgan fingerprint density at radius 1 is 1.12 bits per heavy atom. The second-order valence-electron chi connectivity index (χ2n) is 6.00. The second kappa shape index (κ2) is 6.76. The third kappa shape index (κ3) is 4.51. The molecule has 25 heavy (non-hydrogen) atoms. The van der Waals surface area contributed by atoms with Crippen molar-refractivity contribution in [2.75, 3.05) is 18.9 Å². The molecule has 2 aromatic carbocycles. The van der Waals surface area contributed by atoms with Crippen LogP contribution in [-0.2, 0) is 13.0 Å². The van der Waals surface area contributed by atoms with E-state index in [1.54, 1.807) is 0 Å². The van der Waals surface area contributed by atoms with E-state index in [1.165, 1.54) is 23.3 Å². The van der Waals surface area contributed by atoms with E-state index in [0.717, 1.165) is 31.6 Å². The van der Waals surface area contributed by atoms with Crippen LogP contribution in [0.5, 0.6) is 5.75 Å². The molecule has 0 unspecified atom stereocenters. The quantitative estimate of drug-likeness (QED) is 0.915. The van der Waals surface area contributed by atoms with Crippen LogP contribution in [0.25, 0.3) is 0 Å². The van der Waals surface area contributed by atoms with Crippen molar-refractivity contribution in [3.63, 3.8) is 0 Å². The summed E-state index contributed by atoms with van der Waals surface area (Å²) >= 11 is 0. The van der Waals surface area contributed by atoms with Crippen LogP contribution in [0, 0.1) is 0 Å². The van der Waals surface area contributed by atoms with Gasteiger partial charge in [0.25, 0.3) is 5.91 Å². The SMILES string of the molecule is CN1CCc2ccc(NC(=O)c3ccc(OC(F)(F)F)cc3)cc2C1. The fourth-order valence-corrected chi connectivity index (χ4v) is 2.79. The monoisotopic (exact) mass is 350 g/mol. The Balaban J connectivity index is 1.69. The number of benzene rings is 2. The molecule has 0 saturated heterocycles. The molecule has 4 nitrogen and oxygen atoms in total. The lowest BCUT2D eigenvalue weighted by Crippen LogP contribution is -2.26. The number of alkyl halides is 3. The maximum Gasteiger partial charge on any atom is 0.573 e. The lowest BCUT2D eigenvalue weighted by atomic mass is 9.99. The van der Waals surface area contributed by atoms with E-state index in [0.29, 0.717) is 5.69 Å². The van der Waals surface area contributed by atoms with Crippen molar-refractivity contribution in [3.8, 4) is 5.75 Å². The predicted molar refractivity (Wildman–Crippen MR) is 87.6 cm³/mol. The number of fused-ring (bicyclic) bond motifs is 1. The first-order chi connectivity index (χ1) is 11.8. The van der Waals surface area contributed by atoms with Gasteiger partial charge < -0.3 is 15.0 Å². The number of carbonyl (C=O) groups is 1. The van der Waals surface area contributed by atoms with Crippen molar-refractivity contribution >= 4 is 11.6 Å². The first-order valence-electron chi connectivity index (χ1n) is 7.78. The molecule has 7 heteroatoms. The van der Waals surface area contributed by atoms with Gasteiger partial charge >= 0.3 is 6.36 Å². The minimum absolute atomic E-state index is 0.254. The molecule has 2 aromatic rings. The molecule has 1 heterocycles. The second-order valence-corrected chi connectivity index (χ2v) is 6.00. The van der Waals surface area contributed by atoms with Crippen LogP contribution in [0.3, 0.4) is 0 Å². The molecular formula is C18H17F3N2O2. The molecular weight excluding hydrogens is 333 g/mol. The van der Waals surface area contributed by atoms with E-state index in [9.17, 15) is 18.0 Å². The van der Waals surface area contributed by atoms with E-state index in [2.05, 4.69) is 15.0 Å². The molecule has 0 radical (unpaired) electrons.